The summed E-state index contributed by atoms with van der Waals surface area (Å²) in [6.45, 7) is 0.528. The van der Waals surface area contributed by atoms with Gasteiger partial charge in [-0.05, 0) is 24.5 Å². The van der Waals surface area contributed by atoms with Crippen molar-refractivity contribution in [3.05, 3.63) is 53.7 Å². The summed E-state index contributed by atoms with van der Waals surface area (Å²) in [5.41, 5.74) is 7.68. The van der Waals surface area contributed by atoms with Gasteiger partial charge in [-0.25, -0.2) is 4.98 Å². The predicted octanol–water partition coefficient (Wildman–Crippen LogP) is 2.55. The minimum Gasteiger partial charge on any atom is -0.477 e. The van der Waals surface area contributed by atoms with Crippen LogP contribution in [0.15, 0.2) is 42.6 Å². The van der Waals surface area contributed by atoms with Crippen molar-refractivity contribution in [1.82, 2.24) is 4.98 Å². The molecule has 0 radical (unpaired) electrons. The molecule has 1 aromatic carbocycles. The van der Waals surface area contributed by atoms with E-state index in [1.807, 2.05) is 24.3 Å². The molecule has 2 rings (SSSR count). The van der Waals surface area contributed by atoms with Crippen LogP contribution in [0.3, 0.4) is 0 Å². The number of anilines is 1. The van der Waals surface area contributed by atoms with E-state index in [1.165, 1.54) is 11.8 Å². The maximum atomic E-state index is 8.95. The van der Waals surface area contributed by atoms with Crippen molar-refractivity contribution in [2.75, 3.05) is 12.3 Å². The average molecular weight is 253 g/mol. The van der Waals surface area contributed by atoms with Gasteiger partial charge in [0.2, 0.25) is 5.88 Å². The first kappa shape index (κ1) is 12.9. The second-order valence-corrected chi connectivity index (χ2v) is 4.17. The van der Waals surface area contributed by atoms with Crippen LogP contribution in [-0.2, 0) is 6.42 Å². The molecular weight excluding hydrogens is 238 g/mol. The first-order valence-corrected chi connectivity index (χ1v) is 6.12. The van der Waals surface area contributed by atoms with E-state index in [9.17, 15) is 0 Å². The number of aryl methyl sites for hydroxylation is 1. The Kier molecular flexibility index (Phi) is 4.35. The maximum absolute atomic E-state index is 8.95. The van der Waals surface area contributed by atoms with Gasteiger partial charge in [-0.1, -0.05) is 30.3 Å². The third kappa shape index (κ3) is 3.71. The summed E-state index contributed by atoms with van der Waals surface area (Å²) in [5.74, 6) is 0.352. The van der Waals surface area contributed by atoms with Gasteiger partial charge in [0.1, 0.15) is 11.6 Å². The smallest absolute Gasteiger partial charge is 0.231 e. The second-order valence-electron chi connectivity index (χ2n) is 4.17. The molecule has 0 aliphatic rings. The summed E-state index contributed by atoms with van der Waals surface area (Å²) < 4.78 is 5.52. The quantitative estimate of drug-likeness (QED) is 0.831. The SMILES string of the molecule is N#Cc1cc(N)cnc1OCCCc1ccccc1. The van der Waals surface area contributed by atoms with Crippen LogP contribution in [0.4, 0.5) is 5.69 Å². The first-order valence-electron chi connectivity index (χ1n) is 6.12. The standard InChI is InChI=1S/C15H15N3O/c16-10-13-9-14(17)11-18-15(13)19-8-4-7-12-5-2-1-3-6-12/h1-3,5-6,9,11H,4,7-8,17H2. The summed E-state index contributed by atoms with van der Waals surface area (Å²) in [7, 11) is 0. The van der Waals surface area contributed by atoms with E-state index in [2.05, 4.69) is 17.1 Å². The number of nitrogen functional groups attached to an aromatic ring is 1. The van der Waals surface area contributed by atoms with Gasteiger partial charge >= 0.3 is 0 Å². The van der Waals surface area contributed by atoms with Crippen molar-refractivity contribution in [2.45, 2.75) is 12.8 Å². The molecule has 0 aliphatic carbocycles. The number of pyridine rings is 1. The zero-order valence-corrected chi connectivity index (χ0v) is 10.5. The van der Waals surface area contributed by atoms with Crippen LogP contribution in [0.2, 0.25) is 0 Å². The van der Waals surface area contributed by atoms with Gasteiger partial charge in [-0.3, -0.25) is 0 Å². The Bertz CT molecular complexity index is 576. The minimum atomic E-state index is 0.352. The predicted molar refractivity (Wildman–Crippen MR) is 73.6 cm³/mol. The van der Waals surface area contributed by atoms with Gasteiger partial charge in [-0.15, -0.1) is 0 Å². The van der Waals surface area contributed by atoms with E-state index >= 15 is 0 Å². The van der Waals surface area contributed by atoms with Crippen LogP contribution < -0.4 is 10.5 Å². The summed E-state index contributed by atoms with van der Waals surface area (Å²) in [6.07, 6.45) is 3.31. The average Bonchev–Trinajstić information content (AvgIpc) is 2.46. The number of hydrogen-bond donors (Lipinski definition) is 1. The van der Waals surface area contributed by atoms with E-state index in [4.69, 9.17) is 15.7 Å². The van der Waals surface area contributed by atoms with Crippen molar-refractivity contribution in [1.29, 1.82) is 5.26 Å². The summed E-state index contributed by atoms with van der Waals surface area (Å²) in [5, 5.41) is 8.95. The van der Waals surface area contributed by atoms with Gasteiger partial charge in [0, 0.05) is 0 Å². The van der Waals surface area contributed by atoms with Gasteiger partial charge in [0.25, 0.3) is 0 Å². The molecule has 1 aromatic heterocycles. The van der Waals surface area contributed by atoms with Crippen molar-refractivity contribution in [2.24, 2.45) is 0 Å². The van der Waals surface area contributed by atoms with Gasteiger partial charge in [0.05, 0.1) is 18.5 Å². The van der Waals surface area contributed by atoms with E-state index in [0.717, 1.165) is 12.8 Å². The summed E-state index contributed by atoms with van der Waals surface area (Å²) in [4.78, 5) is 4.02. The summed E-state index contributed by atoms with van der Waals surface area (Å²) >= 11 is 0. The van der Waals surface area contributed by atoms with Crippen molar-refractivity contribution in [3.8, 4) is 11.9 Å². The molecular formula is C15H15N3O. The largest absolute Gasteiger partial charge is 0.477 e. The monoisotopic (exact) mass is 253 g/mol. The molecule has 0 fully saturated rings. The highest BCUT2D eigenvalue weighted by Gasteiger charge is 2.05. The zero-order valence-electron chi connectivity index (χ0n) is 10.5. The number of hydrogen-bond acceptors (Lipinski definition) is 4. The molecule has 0 saturated carbocycles. The van der Waals surface area contributed by atoms with Crippen LogP contribution in [0.5, 0.6) is 5.88 Å². The lowest BCUT2D eigenvalue weighted by Crippen LogP contribution is -2.03. The Balaban J connectivity index is 1.85. The minimum absolute atomic E-state index is 0.352. The molecule has 0 spiro atoms. The molecule has 0 atom stereocenters. The Hall–Kier alpha value is -2.54. The summed E-state index contributed by atoms with van der Waals surface area (Å²) in [6, 6.07) is 13.8. The molecule has 0 saturated heterocycles. The van der Waals surface area contributed by atoms with Crippen molar-refractivity contribution in [3.63, 3.8) is 0 Å². The Labute approximate surface area is 112 Å². The molecule has 1 heterocycles. The Morgan fingerprint density at radius 3 is 2.79 bits per heavy atom. The lowest BCUT2D eigenvalue weighted by atomic mass is 10.1. The van der Waals surface area contributed by atoms with E-state index in [1.54, 1.807) is 6.07 Å². The first-order chi connectivity index (χ1) is 9.29. The number of aromatic nitrogens is 1. The Morgan fingerprint density at radius 2 is 2.05 bits per heavy atom. The Morgan fingerprint density at radius 1 is 1.26 bits per heavy atom. The van der Waals surface area contributed by atoms with Crippen molar-refractivity contribution >= 4 is 5.69 Å². The normalized spacial score (nSPS) is 9.84. The number of benzene rings is 1. The van der Waals surface area contributed by atoms with E-state index < -0.39 is 0 Å². The van der Waals surface area contributed by atoms with Gasteiger partial charge < -0.3 is 10.5 Å². The molecule has 96 valence electrons. The van der Waals surface area contributed by atoms with Crippen LogP contribution >= 0.6 is 0 Å². The topological polar surface area (TPSA) is 71.9 Å². The highest BCUT2D eigenvalue weighted by Crippen LogP contribution is 2.17. The molecule has 0 bridgehead atoms. The van der Waals surface area contributed by atoms with Crippen LogP contribution in [0.25, 0.3) is 0 Å². The number of ether oxygens (including phenoxy) is 1. The third-order valence-electron chi connectivity index (χ3n) is 2.68. The second kappa shape index (κ2) is 6.41. The molecule has 2 aromatic rings. The fourth-order valence-electron chi connectivity index (χ4n) is 1.75. The molecule has 0 aliphatic heterocycles. The number of nitrogens with zero attached hydrogens (tertiary/aromatic N) is 2. The number of nitrogens with two attached hydrogens (primary N) is 1. The fourth-order valence-corrected chi connectivity index (χ4v) is 1.75. The number of rotatable bonds is 5. The van der Waals surface area contributed by atoms with E-state index in [-0.39, 0.29) is 0 Å². The third-order valence-corrected chi connectivity index (χ3v) is 2.68. The van der Waals surface area contributed by atoms with Crippen LogP contribution in [0.1, 0.15) is 17.5 Å². The molecule has 4 heteroatoms. The molecule has 0 unspecified atom stereocenters. The lowest BCUT2D eigenvalue weighted by Gasteiger charge is -2.07. The van der Waals surface area contributed by atoms with Crippen LogP contribution in [0, 0.1) is 11.3 Å². The van der Waals surface area contributed by atoms with Gasteiger partial charge in [0.15, 0.2) is 0 Å². The number of nitriles is 1. The molecule has 19 heavy (non-hydrogen) atoms. The van der Waals surface area contributed by atoms with E-state index in [0.29, 0.717) is 23.7 Å². The van der Waals surface area contributed by atoms with Crippen LogP contribution in [-0.4, -0.2) is 11.6 Å². The molecule has 2 N–H and O–H groups in total. The molecule has 4 nitrogen and oxygen atoms in total. The highest BCUT2D eigenvalue weighted by atomic mass is 16.5. The van der Waals surface area contributed by atoms with Gasteiger partial charge in [-0.2, -0.15) is 5.26 Å². The zero-order chi connectivity index (χ0) is 13.5. The maximum Gasteiger partial charge on any atom is 0.231 e. The lowest BCUT2D eigenvalue weighted by molar-refractivity contribution is 0.298. The molecule has 0 amide bonds. The fraction of sp³-hybridized carbons (Fsp3) is 0.200. The van der Waals surface area contributed by atoms with Crippen molar-refractivity contribution < 1.29 is 4.74 Å². The highest BCUT2D eigenvalue weighted by molar-refractivity contribution is 5.48.